The van der Waals surface area contributed by atoms with Crippen LogP contribution in [0.4, 0.5) is 0 Å². The van der Waals surface area contributed by atoms with E-state index in [1.54, 1.807) is 0 Å². The zero-order valence-electron chi connectivity index (χ0n) is 16.8. The highest BCUT2D eigenvalue weighted by Gasteiger charge is 2.31. The molecule has 1 saturated carbocycles. The molecule has 9 nitrogen and oxygen atoms in total. The summed E-state index contributed by atoms with van der Waals surface area (Å²) in [5.41, 5.74) is 3.53. The molecule has 1 unspecified atom stereocenters. The highest BCUT2D eigenvalue weighted by atomic mass is 16.5. The van der Waals surface area contributed by atoms with Gasteiger partial charge in [-0.05, 0) is 25.8 Å². The quantitative estimate of drug-likeness (QED) is 0.671. The SMILES string of the molecule is CC(Oc1nc(-c2cnn(C3COC3)c2)cc2ncn(C3CC3)c12)[C@H]1CNC(=O)C1. The minimum Gasteiger partial charge on any atom is -0.473 e. The Kier molecular flexibility index (Phi) is 4.05. The first kappa shape index (κ1) is 17.9. The third kappa shape index (κ3) is 3.04. The summed E-state index contributed by atoms with van der Waals surface area (Å²) in [7, 11) is 0. The molecule has 3 aromatic rings. The van der Waals surface area contributed by atoms with E-state index >= 15 is 0 Å². The Morgan fingerprint density at radius 3 is 2.87 bits per heavy atom. The van der Waals surface area contributed by atoms with E-state index in [2.05, 4.69) is 20.0 Å². The minimum atomic E-state index is -0.132. The van der Waals surface area contributed by atoms with E-state index in [1.165, 1.54) is 0 Å². The zero-order chi connectivity index (χ0) is 20.2. The van der Waals surface area contributed by atoms with E-state index in [0.717, 1.165) is 35.1 Å². The minimum absolute atomic E-state index is 0.0812. The molecule has 3 fully saturated rings. The van der Waals surface area contributed by atoms with Gasteiger partial charge in [0, 0.05) is 36.7 Å². The van der Waals surface area contributed by atoms with Gasteiger partial charge in [-0.1, -0.05) is 0 Å². The van der Waals surface area contributed by atoms with Gasteiger partial charge in [-0.25, -0.2) is 9.97 Å². The van der Waals surface area contributed by atoms with Gasteiger partial charge in [-0.3, -0.25) is 9.48 Å². The average molecular weight is 408 g/mol. The lowest BCUT2D eigenvalue weighted by Crippen LogP contribution is -2.30. The van der Waals surface area contributed by atoms with Crippen LogP contribution in [0, 0.1) is 5.92 Å². The van der Waals surface area contributed by atoms with Crippen molar-refractivity contribution in [1.82, 2.24) is 29.6 Å². The number of hydrogen-bond acceptors (Lipinski definition) is 6. The van der Waals surface area contributed by atoms with Crippen molar-refractivity contribution in [2.24, 2.45) is 5.92 Å². The molecule has 0 radical (unpaired) electrons. The molecule has 9 heteroatoms. The number of nitrogens with zero attached hydrogens (tertiary/aromatic N) is 5. The van der Waals surface area contributed by atoms with Crippen LogP contribution in [0.1, 0.15) is 38.3 Å². The number of nitrogens with one attached hydrogen (secondary N) is 1. The van der Waals surface area contributed by atoms with Gasteiger partial charge in [0.25, 0.3) is 0 Å². The standard InChI is InChI=1S/C21H24N6O3/c1-12(13-4-19(28)22-6-13)30-21-20-18(23-11-26(20)15-2-3-15)5-17(25-21)14-7-24-27(8-14)16-9-29-10-16/h5,7-8,11-13,15-16H,2-4,6,9-10H2,1H3,(H,22,28)/t12?,13-/m1/s1. The van der Waals surface area contributed by atoms with Crippen molar-refractivity contribution in [2.45, 2.75) is 44.4 Å². The highest BCUT2D eigenvalue weighted by Crippen LogP contribution is 2.40. The number of aromatic nitrogens is 5. The molecule has 3 aliphatic rings. The van der Waals surface area contributed by atoms with E-state index in [0.29, 0.717) is 44.1 Å². The molecule has 6 rings (SSSR count). The lowest BCUT2D eigenvalue weighted by molar-refractivity contribution is -0.119. The van der Waals surface area contributed by atoms with Crippen molar-refractivity contribution in [1.29, 1.82) is 0 Å². The van der Waals surface area contributed by atoms with Crippen LogP contribution < -0.4 is 10.1 Å². The monoisotopic (exact) mass is 408 g/mol. The lowest BCUT2D eigenvalue weighted by atomic mass is 10.0. The third-order valence-electron chi connectivity index (χ3n) is 6.32. The van der Waals surface area contributed by atoms with Crippen molar-refractivity contribution in [2.75, 3.05) is 19.8 Å². The van der Waals surface area contributed by atoms with Gasteiger partial charge in [-0.2, -0.15) is 5.10 Å². The Balaban J connectivity index is 1.38. The van der Waals surface area contributed by atoms with Gasteiger partial charge in [0.05, 0.1) is 43.0 Å². The van der Waals surface area contributed by atoms with Crippen LogP contribution in [0.15, 0.2) is 24.8 Å². The van der Waals surface area contributed by atoms with Gasteiger partial charge >= 0.3 is 0 Å². The number of amides is 1. The molecule has 1 amide bonds. The van der Waals surface area contributed by atoms with E-state index in [4.69, 9.17) is 14.5 Å². The maximum atomic E-state index is 11.6. The molecule has 0 bridgehead atoms. The summed E-state index contributed by atoms with van der Waals surface area (Å²) in [6.45, 7) is 4.04. The first-order valence-electron chi connectivity index (χ1n) is 10.6. The van der Waals surface area contributed by atoms with Gasteiger partial charge in [0.2, 0.25) is 11.8 Å². The van der Waals surface area contributed by atoms with Gasteiger partial charge in [0.1, 0.15) is 11.6 Å². The van der Waals surface area contributed by atoms with E-state index in [-0.39, 0.29) is 17.9 Å². The number of pyridine rings is 1. The van der Waals surface area contributed by atoms with Crippen LogP contribution in [0.5, 0.6) is 5.88 Å². The molecular formula is C21H24N6O3. The maximum Gasteiger partial charge on any atom is 0.241 e. The summed E-state index contributed by atoms with van der Waals surface area (Å²) >= 11 is 0. The average Bonchev–Trinajstić information content (AvgIpc) is 3.08. The molecule has 2 aliphatic heterocycles. The Morgan fingerprint density at radius 2 is 2.17 bits per heavy atom. The van der Waals surface area contributed by atoms with Crippen LogP contribution in [-0.2, 0) is 9.53 Å². The Labute approximate surface area is 173 Å². The molecule has 1 N–H and O–H groups in total. The fraction of sp³-hybridized carbons (Fsp3) is 0.524. The van der Waals surface area contributed by atoms with Crippen molar-refractivity contribution in [3.8, 4) is 17.1 Å². The summed E-state index contributed by atoms with van der Waals surface area (Å²) in [6, 6.07) is 2.77. The molecule has 0 spiro atoms. The summed E-state index contributed by atoms with van der Waals surface area (Å²) < 4.78 is 15.8. The predicted molar refractivity (Wildman–Crippen MR) is 108 cm³/mol. The summed E-state index contributed by atoms with van der Waals surface area (Å²) in [5, 5.41) is 7.38. The van der Waals surface area contributed by atoms with E-state index in [9.17, 15) is 4.79 Å². The summed E-state index contributed by atoms with van der Waals surface area (Å²) in [4.78, 5) is 21.2. The van der Waals surface area contributed by atoms with Crippen LogP contribution >= 0.6 is 0 Å². The summed E-state index contributed by atoms with van der Waals surface area (Å²) in [5.74, 6) is 0.799. The first-order valence-corrected chi connectivity index (χ1v) is 10.6. The van der Waals surface area contributed by atoms with Crippen LogP contribution in [0.3, 0.4) is 0 Å². The Morgan fingerprint density at radius 1 is 1.30 bits per heavy atom. The number of rotatable bonds is 6. The summed E-state index contributed by atoms with van der Waals surface area (Å²) in [6.07, 6.45) is 8.39. The predicted octanol–water partition coefficient (Wildman–Crippen LogP) is 2.10. The molecule has 156 valence electrons. The number of hydrogen-bond donors (Lipinski definition) is 1. The van der Waals surface area contributed by atoms with Crippen LogP contribution in [-0.4, -0.2) is 56.1 Å². The van der Waals surface area contributed by atoms with Gasteiger partial charge in [-0.15, -0.1) is 0 Å². The normalized spacial score (nSPS) is 22.8. The molecule has 5 heterocycles. The van der Waals surface area contributed by atoms with Crippen molar-refractivity contribution < 1.29 is 14.3 Å². The smallest absolute Gasteiger partial charge is 0.241 e. The number of fused-ring (bicyclic) bond motifs is 1. The van der Waals surface area contributed by atoms with Gasteiger partial charge < -0.3 is 19.4 Å². The van der Waals surface area contributed by atoms with E-state index < -0.39 is 0 Å². The second kappa shape index (κ2) is 6.80. The zero-order valence-corrected chi connectivity index (χ0v) is 16.8. The molecular weight excluding hydrogens is 384 g/mol. The molecule has 2 atom stereocenters. The molecule has 2 saturated heterocycles. The van der Waals surface area contributed by atoms with Crippen LogP contribution in [0.25, 0.3) is 22.3 Å². The van der Waals surface area contributed by atoms with Crippen molar-refractivity contribution in [3.63, 3.8) is 0 Å². The fourth-order valence-electron chi connectivity index (χ4n) is 4.16. The largest absolute Gasteiger partial charge is 0.473 e. The second-order valence-electron chi connectivity index (χ2n) is 8.55. The van der Waals surface area contributed by atoms with Crippen LogP contribution in [0.2, 0.25) is 0 Å². The first-order chi connectivity index (χ1) is 14.7. The van der Waals surface area contributed by atoms with E-state index in [1.807, 2.05) is 36.4 Å². The topological polar surface area (TPSA) is 96.1 Å². The highest BCUT2D eigenvalue weighted by molar-refractivity contribution is 5.84. The van der Waals surface area contributed by atoms with Crippen molar-refractivity contribution >= 4 is 16.9 Å². The van der Waals surface area contributed by atoms with Crippen molar-refractivity contribution in [3.05, 3.63) is 24.8 Å². The number of ether oxygens (including phenoxy) is 2. The molecule has 0 aromatic carbocycles. The number of imidazole rings is 1. The Bertz CT molecular complexity index is 1110. The second-order valence-corrected chi connectivity index (χ2v) is 8.55. The number of carbonyl (C=O) groups is 1. The number of carbonyl (C=O) groups excluding carboxylic acids is 1. The molecule has 3 aromatic heterocycles. The molecule has 1 aliphatic carbocycles. The molecule has 30 heavy (non-hydrogen) atoms. The van der Waals surface area contributed by atoms with Gasteiger partial charge in [0.15, 0.2) is 0 Å². The lowest BCUT2D eigenvalue weighted by Gasteiger charge is -2.25. The Hall–Kier alpha value is -2.94. The maximum absolute atomic E-state index is 11.6. The third-order valence-corrected chi connectivity index (χ3v) is 6.32. The fourth-order valence-corrected chi connectivity index (χ4v) is 4.16.